The zero-order valence-corrected chi connectivity index (χ0v) is 16.6. The number of aryl methyl sites for hydroxylation is 1. The first-order chi connectivity index (χ1) is 14.0. The fourth-order valence-electron chi connectivity index (χ4n) is 5.13. The van der Waals surface area contributed by atoms with E-state index in [0.29, 0.717) is 0 Å². The number of H-pyrrole nitrogens is 1. The van der Waals surface area contributed by atoms with E-state index in [2.05, 4.69) is 34.5 Å². The molecule has 2 aromatic carbocycles. The lowest BCUT2D eigenvalue weighted by Crippen LogP contribution is -2.28. The third-order valence-corrected chi connectivity index (χ3v) is 6.54. The Morgan fingerprint density at radius 3 is 2.79 bits per heavy atom. The van der Waals surface area contributed by atoms with Gasteiger partial charge in [0, 0.05) is 16.3 Å². The maximum atomic E-state index is 10.2. The van der Waals surface area contributed by atoms with Crippen LogP contribution in [0.1, 0.15) is 43.4 Å². The Kier molecular flexibility index (Phi) is 3.50. The van der Waals surface area contributed by atoms with Crippen molar-refractivity contribution in [3.63, 3.8) is 0 Å². The number of rotatable bonds is 1. The fourth-order valence-corrected chi connectivity index (χ4v) is 5.13. The molecule has 0 amide bonds. The van der Waals surface area contributed by atoms with Crippen LogP contribution in [0, 0.1) is 0 Å². The Morgan fingerprint density at radius 1 is 1.10 bits per heavy atom. The molecule has 3 heterocycles. The van der Waals surface area contributed by atoms with Crippen molar-refractivity contribution in [3.8, 4) is 11.3 Å². The summed E-state index contributed by atoms with van der Waals surface area (Å²) in [5.74, 6) is 0. The summed E-state index contributed by atoms with van der Waals surface area (Å²) in [6.45, 7) is 4.01. The smallest absolute Gasteiger partial charge is 0.423 e. The molecular formula is C23H22BN3O2. The Balaban J connectivity index is 1.64. The van der Waals surface area contributed by atoms with Crippen LogP contribution in [0.15, 0.2) is 36.5 Å². The van der Waals surface area contributed by atoms with Gasteiger partial charge in [0.15, 0.2) is 0 Å². The van der Waals surface area contributed by atoms with Crippen molar-refractivity contribution in [3.05, 3.63) is 53.2 Å². The average molecular weight is 383 g/mol. The molecule has 1 aliphatic carbocycles. The van der Waals surface area contributed by atoms with Crippen molar-refractivity contribution in [1.82, 2.24) is 15.2 Å². The lowest BCUT2D eigenvalue weighted by molar-refractivity contribution is 0.101. The largest absolute Gasteiger partial charge is 0.492 e. The molecule has 0 fully saturated rings. The molecule has 1 aliphatic heterocycles. The van der Waals surface area contributed by atoms with Gasteiger partial charge in [-0.2, -0.15) is 5.10 Å². The van der Waals surface area contributed by atoms with Crippen molar-refractivity contribution in [2.24, 2.45) is 0 Å². The maximum absolute atomic E-state index is 10.2. The van der Waals surface area contributed by atoms with Crippen LogP contribution < -0.4 is 5.46 Å². The molecular weight excluding hydrogens is 361 g/mol. The molecule has 2 aliphatic rings. The zero-order valence-electron chi connectivity index (χ0n) is 16.6. The number of nitrogens with one attached hydrogen (secondary N) is 1. The highest BCUT2D eigenvalue weighted by Crippen LogP contribution is 2.39. The van der Waals surface area contributed by atoms with Gasteiger partial charge in [-0.1, -0.05) is 12.1 Å². The molecule has 0 bridgehead atoms. The molecule has 6 heteroatoms. The lowest BCUT2D eigenvalue weighted by atomic mass is 9.77. The molecule has 0 saturated heterocycles. The topological polar surface area (TPSA) is 71.0 Å². The summed E-state index contributed by atoms with van der Waals surface area (Å²) in [5, 5.41) is 20.0. The molecule has 0 radical (unpaired) electrons. The Bertz CT molecular complexity index is 1290. The minimum atomic E-state index is -0.859. The summed E-state index contributed by atoms with van der Waals surface area (Å²) in [7, 11) is -0.859. The SMILES string of the molecule is CC1(C)OB(O)c2ccc(-c3nc4ccc5[nH]ncc5c4c4c3CCCC4)cc21. The van der Waals surface area contributed by atoms with E-state index in [-0.39, 0.29) is 0 Å². The minimum Gasteiger partial charge on any atom is -0.423 e. The van der Waals surface area contributed by atoms with Gasteiger partial charge in [0.1, 0.15) is 0 Å². The molecule has 5 nitrogen and oxygen atoms in total. The van der Waals surface area contributed by atoms with E-state index < -0.39 is 12.7 Å². The van der Waals surface area contributed by atoms with Gasteiger partial charge in [-0.05, 0) is 79.9 Å². The van der Waals surface area contributed by atoms with Gasteiger partial charge in [-0.25, -0.2) is 4.98 Å². The maximum Gasteiger partial charge on any atom is 0.492 e. The molecule has 2 N–H and O–H groups in total. The summed E-state index contributed by atoms with van der Waals surface area (Å²) in [6.07, 6.45) is 6.43. The molecule has 2 aromatic heterocycles. The highest BCUT2D eigenvalue weighted by molar-refractivity contribution is 6.62. The van der Waals surface area contributed by atoms with Gasteiger partial charge in [0.25, 0.3) is 0 Å². The van der Waals surface area contributed by atoms with Crippen LogP contribution >= 0.6 is 0 Å². The van der Waals surface area contributed by atoms with E-state index >= 15 is 0 Å². The van der Waals surface area contributed by atoms with Crippen LogP contribution in [0.5, 0.6) is 0 Å². The van der Waals surface area contributed by atoms with Gasteiger partial charge in [0.2, 0.25) is 0 Å². The summed E-state index contributed by atoms with van der Waals surface area (Å²) in [4.78, 5) is 5.14. The first kappa shape index (κ1) is 17.2. The molecule has 6 rings (SSSR count). The second-order valence-corrected chi connectivity index (χ2v) is 8.70. The number of aromatic nitrogens is 3. The van der Waals surface area contributed by atoms with E-state index in [4.69, 9.17) is 9.64 Å². The third kappa shape index (κ3) is 2.42. The van der Waals surface area contributed by atoms with Crippen LogP contribution in [0.25, 0.3) is 33.1 Å². The van der Waals surface area contributed by atoms with E-state index in [1.165, 1.54) is 29.4 Å². The molecule has 0 unspecified atom stereocenters. The molecule has 0 spiro atoms. The summed E-state index contributed by atoms with van der Waals surface area (Å²) >= 11 is 0. The first-order valence-electron chi connectivity index (χ1n) is 10.3. The second kappa shape index (κ2) is 5.91. The van der Waals surface area contributed by atoms with Gasteiger partial charge in [-0.3, -0.25) is 5.10 Å². The molecule has 29 heavy (non-hydrogen) atoms. The van der Waals surface area contributed by atoms with E-state index in [1.807, 2.05) is 26.1 Å². The lowest BCUT2D eigenvalue weighted by Gasteiger charge is -2.23. The molecule has 0 atom stereocenters. The van der Waals surface area contributed by atoms with Crippen molar-refractivity contribution in [1.29, 1.82) is 0 Å². The zero-order chi connectivity index (χ0) is 19.8. The van der Waals surface area contributed by atoms with Crippen molar-refractivity contribution in [2.45, 2.75) is 45.1 Å². The van der Waals surface area contributed by atoms with Gasteiger partial charge in [-0.15, -0.1) is 0 Å². The number of hydrogen-bond donors (Lipinski definition) is 2. The Labute approximate surface area is 169 Å². The van der Waals surface area contributed by atoms with E-state index in [0.717, 1.165) is 51.5 Å². The van der Waals surface area contributed by atoms with Gasteiger partial charge < -0.3 is 9.68 Å². The average Bonchev–Trinajstić information content (AvgIpc) is 3.29. The van der Waals surface area contributed by atoms with Crippen LogP contribution in [0.2, 0.25) is 0 Å². The molecule has 0 saturated carbocycles. The van der Waals surface area contributed by atoms with Crippen molar-refractivity contribution < 1.29 is 9.68 Å². The predicted molar refractivity (Wildman–Crippen MR) is 115 cm³/mol. The van der Waals surface area contributed by atoms with Gasteiger partial charge in [0.05, 0.1) is 28.5 Å². The first-order valence-corrected chi connectivity index (χ1v) is 10.3. The van der Waals surface area contributed by atoms with Crippen molar-refractivity contribution >= 4 is 34.4 Å². The number of pyridine rings is 1. The number of hydrogen-bond acceptors (Lipinski definition) is 4. The number of nitrogens with zero attached hydrogens (tertiary/aromatic N) is 2. The summed E-state index contributed by atoms with van der Waals surface area (Å²) < 4.78 is 5.76. The van der Waals surface area contributed by atoms with E-state index in [1.54, 1.807) is 0 Å². The van der Waals surface area contributed by atoms with E-state index in [9.17, 15) is 5.02 Å². The third-order valence-electron chi connectivity index (χ3n) is 6.54. The quantitative estimate of drug-likeness (QED) is 0.493. The Hall–Kier alpha value is -2.70. The number of benzene rings is 2. The van der Waals surface area contributed by atoms with Crippen LogP contribution in [0.4, 0.5) is 0 Å². The number of aromatic amines is 1. The Morgan fingerprint density at radius 2 is 1.93 bits per heavy atom. The number of fused-ring (bicyclic) bond motifs is 6. The molecule has 144 valence electrons. The van der Waals surface area contributed by atoms with Gasteiger partial charge >= 0.3 is 7.12 Å². The van der Waals surface area contributed by atoms with Crippen LogP contribution in [0.3, 0.4) is 0 Å². The highest BCUT2D eigenvalue weighted by atomic mass is 16.5. The summed E-state index contributed by atoms with van der Waals surface area (Å²) in [5.41, 5.74) is 8.40. The highest BCUT2D eigenvalue weighted by Gasteiger charge is 2.40. The summed E-state index contributed by atoms with van der Waals surface area (Å²) in [6, 6.07) is 10.4. The molecule has 4 aromatic rings. The van der Waals surface area contributed by atoms with Crippen LogP contribution in [-0.4, -0.2) is 27.3 Å². The van der Waals surface area contributed by atoms with Crippen molar-refractivity contribution in [2.75, 3.05) is 0 Å². The monoisotopic (exact) mass is 383 g/mol. The predicted octanol–water partition coefficient (Wildman–Crippen LogP) is 3.61. The standard InChI is InChI=1S/C23H22BN3O2/c1-23(2)17-11-13(7-8-18(17)24(28)29-23)22-15-6-4-3-5-14(15)21-16-12-25-27-19(16)9-10-20(21)26-22/h7-12,28H,3-6H2,1-2H3,(H,25,27). The van der Waals surface area contributed by atoms with Crippen LogP contribution in [-0.2, 0) is 23.1 Å². The fraction of sp³-hybridized carbons (Fsp3) is 0.304. The second-order valence-electron chi connectivity index (χ2n) is 8.70. The minimum absolute atomic E-state index is 0.509. The normalized spacial score (nSPS) is 17.7.